The van der Waals surface area contributed by atoms with Crippen LogP contribution in [0.15, 0.2) is 21.5 Å². The Hall–Kier alpha value is -0.590. The Morgan fingerprint density at radius 1 is 1.45 bits per heavy atom. The molecule has 0 aliphatic carbocycles. The van der Waals surface area contributed by atoms with Crippen molar-refractivity contribution in [3.05, 3.63) is 27.7 Å². The van der Waals surface area contributed by atoms with Crippen molar-refractivity contribution in [1.82, 2.24) is 5.32 Å². The van der Waals surface area contributed by atoms with E-state index in [1.54, 1.807) is 13.0 Å². The van der Waals surface area contributed by atoms with Gasteiger partial charge in [-0.25, -0.2) is 8.42 Å². The number of aryl methyl sites for hydroxylation is 1. The van der Waals surface area contributed by atoms with Crippen LogP contribution in [0.1, 0.15) is 42.6 Å². The highest BCUT2D eigenvalue weighted by Gasteiger charge is 2.20. The summed E-state index contributed by atoms with van der Waals surface area (Å²) in [5.74, 6) is -0.303. The largest absolute Gasteiger partial charge is 0.350 e. The molecule has 0 saturated heterocycles. The van der Waals surface area contributed by atoms with Crippen LogP contribution in [0.25, 0.3) is 0 Å². The molecular weight excluding hydrogens is 366 g/mol. The molecule has 0 bridgehead atoms. The molecule has 1 N–H and O–H groups in total. The van der Waals surface area contributed by atoms with Gasteiger partial charge in [-0.15, -0.1) is 0 Å². The van der Waals surface area contributed by atoms with Crippen molar-refractivity contribution in [1.29, 1.82) is 0 Å². The Labute approximate surface area is 132 Å². The first-order valence-corrected chi connectivity index (χ1v) is 9.32. The van der Waals surface area contributed by atoms with Crippen molar-refractivity contribution in [2.45, 2.75) is 44.6 Å². The van der Waals surface area contributed by atoms with Gasteiger partial charge in [0.05, 0.1) is 4.90 Å². The molecule has 1 amide bonds. The Bertz CT molecular complexity index is 616. The van der Waals surface area contributed by atoms with E-state index in [1.165, 1.54) is 6.07 Å². The Kier molecular flexibility index (Phi) is 6.04. The average Bonchev–Trinajstić information content (AvgIpc) is 2.30. The third-order valence-electron chi connectivity index (χ3n) is 2.85. The van der Waals surface area contributed by atoms with Crippen molar-refractivity contribution in [3.8, 4) is 0 Å². The first-order chi connectivity index (χ1) is 9.16. The first kappa shape index (κ1) is 17.5. The number of halogens is 2. The molecule has 112 valence electrons. The fourth-order valence-corrected chi connectivity index (χ4v) is 4.01. The summed E-state index contributed by atoms with van der Waals surface area (Å²) in [6, 6.07) is 2.95. The van der Waals surface area contributed by atoms with Crippen molar-refractivity contribution >= 4 is 41.6 Å². The van der Waals surface area contributed by atoms with Gasteiger partial charge in [0.15, 0.2) is 0 Å². The molecule has 0 aliphatic heterocycles. The second-order valence-electron chi connectivity index (χ2n) is 4.71. The third kappa shape index (κ3) is 4.46. The van der Waals surface area contributed by atoms with Gasteiger partial charge >= 0.3 is 0 Å². The lowest BCUT2D eigenvalue weighted by atomic mass is 10.1. The summed E-state index contributed by atoms with van der Waals surface area (Å²) in [5.41, 5.74) is 0.924. The van der Waals surface area contributed by atoms with Crippen molar-refractivity contribution in [2.24, 2.45) is 0 Å². The predicted octanol–water partition coefficient (Wildman–Crippen LogP) is 3.60. The smallest absolute Gasteiger partial charge is 0.262 e. The number of hydrogen-bond donors (Lipinski definition) is 1. The van der Waals surface area contributed by atoms with Gasteiger partial charge in [0.25, 0.3) is 15.0 Å². The van der Waals surface area contributed by atoms with Crippen LogP contribution in [-0.4, -0.2) is 20.4 Å². The molecule has 0 fully saturated rings. The van der Waals surface area contributed by atoms with E-state index in [1.807, 2.05) is 13.8 Å². The van der Waals surface area contributed by atoms with E-state index in [0.29, 0.717) is 10.0 Å². The second-order valence-corrected chi connectivity index (χ2v) is 8.03. The van der Waals surface area contributed by atoms with Crippen LogP contribution in [0.5, 0.6) is 0 Å². The zero-order valence-electron chi connectivity index (χ0n) is 11.5. The maximum Gasteiger partial charge on any atom is 0.262 e. The molecule has 20 heavy (non-hydrogen) atoms. The van der Waals surface area contributed by atoms with E-state index in [-0.39, 0.29) is 22.4 Å². The van der Waals surface area contributed by atoms with Gasteiger partial charge in [-0.3, -0.25) is 4.79 Å². The molecule has 1 rings (SSSR count). The molecule has 0 radical (unpaired) electrons. The molecule has 4 nitrogen and oxygen atoms in total. The van der Waals surface area contributed by atoms with Crippen LogP contribution in [0.4, 0.5) is 0 Å². The number of carbonyl (C=O) groups is 1. The molecule has 1 aromatic rings. The minimum atomic E-state index is -3.91. The summed E-state index contributed by atoms with van der Waals surface area (Å²) in [6.07, 6.45) is 1.82. The highest BCUT2D eigenvalue weighted by atomic mass is 79.9. The van der Waals surface area contributed by atoms with Gasteiger partial charge in [0.1, 0.15) is 0 Å². The molecule has 0 saturated carbocycles. The molecule has 7 heteroatoms. The normalized spacial score (nSPS) is 13.1. The zero-order valence-corrected chi connectivity index (χ0v) is 14.7. The molecule has 1 atom stereocenters. The van der Waals surface area contributed by atoms with Crippen molar-refractivity contribution < 1.29 is 13.2 Å². The summed E-state index contributed by atoms with van der Waals surface area (Å²) < 4.78 is 23.4. The number of carbonyl (C=O) groups excluding carboxylic acids is 1. The number of nitrogens with one attached hydrogen (secondary N) is 1. The number of rotatable bonds is 5. The Morgan fingerprint density at radius 2 is 2.05 bits per heavy atom. The van der Waals surface area contributed by atoms with Gasteiger partial charge in [-0.05, 0) is 53.9 Å². The van der Waals surface area contributed by atoms with E-state index in [4.69, 9.17) is 10.7 Å². The molecule has 1 aromatic carbocycles. The number of hydrogen-bond acceptors (Lipinski definition) is 3. The molecule has 0 spiro atoms. The molecule has 0 aliphatic rings. The van der Waals surface area contributed by atoms with Gasteiger partial charge in [-0.2, -0.15) is 0 Å². The van der Waals surface area contributed by atoms with Crippen LogP contribution in [0.3, 0.4) is 0 Å². The molecular formula is C13H17BrClNO3S. The average molecular weight is 383 g/mol. The van der Waals surface area contributed by atoms with Crippen LogP contribution in [0.2, 0.25) is 0 Å². The third-order valence-corrected chi connectivity index (χ3v) is 5.51. The van der Waals surface area contributed by atoms with E-state index in [0.717, 1.165) is 12.8 Å². The van der Waals surface area contributed by atoms with E-state index in [2.05, 4.69) is 21.2 Å². The Morgan fingerprint density at radius 3 is 2.55 bits per heavy atom. The van der Waals surface area contributed by atoms with E-state index >= 15 is 0 Å². The fourth-order valence-electron chi connectivity index (χ4n) is 1.86. The quantitative estimate of drug-likeness (QED) is 0.791. The number of amides is 1. The lowest BCUT2D eigenvalue weighted by Gasteiger charge is -2.14. The first-order valence-electron chi connectivity index (χ1n) is 6.22. The molecule has 1 unspecified atom stereocenters. The predicted molar refractivity (Wildman–Crippen MR) is 83.8 cm³/mol. The van der Waals surface area contributed by atoms with Crippen LogP contribution in [0, 0.1) is 6.92 Å². The topological polar surface area (TPSA) is 63.2 Å². The maximum atomic E-state index is 12.1. The standard InChI is InChI=1S/C13H17BrClNO3S/c1-4-5-9(3)16-13(17)10-6-8(2)12(14)11(7-10)20(15,18)19/h6-7,9H,4-5H2,1-3H3,(H,16,17). The van der Waals surface area contributed by atoms with E-state index in [9.17, 15) is 13.2 Å². The Balaban J connectivity index is 3.15. The lowest BCUT2D eigenvalue weighted by Crippen LogP contribution is -2.32. The maximum absolute atomic E-state index is 12.1. The van der Waals surface area contributed by atoms with Crippen LogP contribution >= 0.6 is 26.6 Å². The molecule has 0 heterocycles. The summed E-state index contributed by atoms with van der Waals surface area (Å²) in [7, 11) is 1.47. The van der Waals surface area contributed by atoms with Gasteiger partial charge in [0, 0.05) is 26.8 Å². The van der Waals surface area contributed by atoms with Crippen LogP contribution < -0.4 is 5.32 Å². The van der Waals surface area contributed by atoms with Crippen molar-refractivity contribution in [3.63, 3.8) is 0 Å². The zero-order chi connectivity index (χ0) is 15.5. The summed E-state index contributed by atoms with van der Waals surface area (Å²) in [6.45, 7) is 5.65. The summed E-state index contributed by atoms with van der Waals surface area (Å²) in [5, 5.41) is 2.83. The fraction of sp³-hybridized carbons (Fsp3) is 0.462. The summed E-state index contributed by atoms with van der Waals surface area (Å²) in [4.78, 5) is 12.0. The minimum Gasteiger partial charge on any atom is -0.350 e. The highest BCUT2D eigenvalue weighted by molar-refractivity contribution is 9.10. The monoisotopic (exact) mass is 381 g/mol. The number of benzene rings is 1. The SMILES string of the molecule is CCCC(C)NC(=O)c1cc(C)c(Br)c(S(=O)(=O)Cl)c1. The van der Waals surface area contributed by atoms with Gasteiger partial charge < -0.3 is 5.32 Å². The van der Waals surface area contributed by atoms with Gasteiger partial charge in [-0.1, -0.05) is 13.3 Å². The van der Waals surface area contributed by atoms with Crippen molar-refractivity contribution in [2.75, 3.05) is 0 Å². The second kappa shape index (κ2) is 6.91. The highest BCUT2D eigenvalue weighted by Crippen LogP contribution is 2.29. The minimum absolute atomic E-state index is 0.0347. The van der Waals surface area contributed by atoms with Crippen LogP contribution in [-0.2, 0) is 9.05 Å². The van der Waals surface area contributed by atoms with E-state index < -0.39 is 9.05 Å². The summed E-state index contributed by atoms with van der Waals surface area (Å²) >= 11 is 3.18. The lowest BCUT2D eigenvalue weighted by molar-refractivity contribution is 0.0938. The van der Waals surface area contributed by atoms with Gasteiger partial charge in [0.2, 0.25) is 0 Å². The molecule has 0 aromatic heterocycles.